The molecule has 1 aromatic rings. The molecule has 0 aromatic heterocycles. The highest BCUT2D eigenvalue weighted by Crippen LogP contribution is 2.11. The minimum atomic E-state index is -2.95. The molecule has 2 N–H and O–H groups in total. The summed E-state index contributed by atoms with van der Waals surface area (Å²) in [6.07, 6.45) is 1.29. The molecule has 116 valence electrons. The van der Waals surface area contributed by atoms with E-state index in [0.29, 0.717) is 18.0 Å². The van der Waals surface area contributed by atoms with Gasteiger partial charge in [0.15, 0.2) is 9.84 Å². The number of carbonyl (C=O) groups excluding carboxylic acids is 1. The van der Waals surface area contributed by atoms with E-state index in [1.165, 1.54) is 0 Å². The Bertz CT molecular complexity index is 604. The minimum Gasteiger partial charge on any atom is -0.351 e. The smallest absolute Gasteiger partial charge is 0.234 e. The molecule has 1 amide bonds. The maximum Gasteiger partial charge on any atom is 0.234 e. The third-order valence-corrected chi connectivity index (χ3v) is 5.37. The van der Waals surface area contributed by atoms with E-state index in [1.54, 1.807) is 0 Å². The Hall–Kier alpha value is -1.11. The second kappa shape index (κ2) is 7.24. The van der Waals surface area contributed by atoms with Gasteiger partial charge in [0.2, 0.25) is 5.91 Å². The van der Waals surface area contributed by atoms with Gasteiger partial charge in [0.05, 0.1) is 18.1 Å². The van der Waals surface area contributed by atoms with Crippen molar-refractivity contribution in [3.63, 3.8) is 0 Å². The molecule has 1 aromatic carbocycles. The zero-order chi connectivity index (χ0) is 15.3. The van der Waals surface area contributed by atoms with Crippen molar-refractivity contribution in [1.82, 2.24) is 10.6 Å². The van der Waals surface area contributed by atoms with Crippen molar-refractivity contribution >= 4 is 27.3 Å². The van der Waals surface area contributed by atoms with Crippen LogP contribution in [0.2, 0.25) is 5.02 Å². The standard InChI is InChI=1S/C14H19ClN2O3S/c15-12-3-1-2-11(8-12)4-6-16-9-14(18)17-13-5-7-21(19,20)10-13/h1-3,8,13,16H,4-7,9-10H2,(H,17,18). The predicted octanol–water partition coefficient (Wildman–Crippen LogP) is 0.775. The van der Waals surface area contributed by atoms with Crippen LogP contribution in [0.1, 0.15) is 12.0 Å². The molecule has 0 bridgehead atoms. The Kier molecular flexibility index (Phi) is 5.61. The maximum atomic E-state index is 11.7. The number of rotatable bonds is 6. The lowest BCUT2D eigenvalue weighted by Crippen LogP contribution is -2.41. The van der Waals surface area contributed by atoms with E-state index in [1.807, 2.05) is 24.3 Å². The fourth-order valence-corrected chi connectivity index (χ4v) is 4.20. The van der Waals surface area contributed by atoms with Crippen LogP contribution in [0, 0.1) is 0 Å². The third-order valence-electron chi connectivity index (χ3n) is 3.36. The number of nitrogens with one attached hydrogen (secondary N) is 2. The van der Waals surface area contributed by atoms with Crippen LogP contribution in [0.25, 0.3) is 0 Å². The summed E-state index contributed by atoms with van der Waals surface area (Å²) in [5, 5.41) is 6.49. The van der Waals surface area contributed by atoms with Crippen LogP contribution in [0.4, 0.5) is 0 Å². The first-order valence-corrected chi connectivity index (χ1v) is 9.09. The summed E-state index contributed by atoms with van der Waals surface area (Å²) in [5.41, 5.74) is 1.11. The van der Waals surface area contributed by atoms with Gasteiger partial charge in [-0.2, -0.15) is 0 Å². The zero-order valence-electron chi connectivity index (χ0n) is 11.6. The van der Waals surface area contributed by atoms with Crippen LogP contribution < -0.4 is 10.6 Å². The van der Waals surface area contributed by atoms with Gasteiger partial charge >= 0.3 is 0 Å². The van der Waals surface area contributed by atoms with Gasteiger partial charge in [-0.3, -0.25) is 4.79 Å². The van der Waals surface area contributed by atoms with Gasteiger partial charge in [-0.15, -0.1) is 0 Å². The quantitative estimate of drug-likeness (QED) is 0.756. The maximum absolute atomic E-state index is 11.7. The highest BCUT2D eigenvalue weighted by Gasteiger charge is 2.28. The summed E-state index contributed by atoms with van der Waals surface area (Å²) in [6, 6.07) is 7.35. The normalized spacial score (nSPS) is 20.3. The Morgan fingerprint density at radius 3 is 2.86 bits per heavy atom. The van der Waals surface area contributed by atoms with Gasteiger partial charge in [-0.25, -0.2) is 8.42 Å². The summed E-state index contributed by atoms with van der Waals surface area (Å²) in [6.45, 7) is 0.855. The van der Waals surface area contributed by atoms with Crippen molar-refractivity contribution in [3.05, 3.63) is 34.9 Å². The van der Waals surface area contributed by atoms with E-state index in [0.717, 1.165) is 12.0 Å². The fraction of sp³-hybridized carbons (Fsp3) is 0.500. The van der Waals surface area contributed by atoms with Crippen LogP contribution >= 0.6 is 11.6 Å². The molecule has 1 saturated heterocycles. The minimum absolute atomic E-state index is 0.0568. The van der Waals surface area contributed by atoms with Gasteiger partial charge in [0, 0.05) is 11.1 Å². The summed E-state index contributed by atoms with van der Waals surface area (Å²) in [7, 11) is -2.95. The average Bonchev–Trinajstić information content (AvgIpc) is 2.74. The molecule has 1 fully saturated rings. The fourth-order valence-electron chi connectivity index (χ4n) is 2.31. The highest BCUT2D eigenvalue weighted by atomic mass is 35.5. The van der Waals surface area contributed by atoms with Gasteiger partial charge in [-0.1, -0.05) is 23.7 Å². The van der Waals surface area contributed by atoms with Crippen molar-refractivity contribution in [3.8, 4) is 0 Å². The van der Waals surface area contributed by atoms with Gasteiger partial charge in [0.25, 0.3) is 0 Å². The number of hydrogen-bond donors (Lipinski definition) is 2. The van der Waals surface area contributed by atoms with E-state index in [2.05, 4.69) is 10.6 Å². The molecule has 21 heavy (non-hydrogen) atoms. The molecule has 0 saturated carbocycles. The van der Waals surface area contributed by atoms with Crippen molar-refractivity contribution in [2.45, 2.75) is 18.9 Å². The lowest BCUT2D eigenvalue weighted by Gasteiger charge is -2.11. The molecule has 1 heterocycles. The Labute approximate surface area is 130 Å². The molecule has 0 spiro atoms. The first-order valence-electron chi connectivity index (χ1n) is 6.89. The predicted molar refractivity (Wildman–Crippen MR) is 83.2 cm³/mol. The van der Waals surface area contributed by atoms with Gasteiger partial charge in [0.1, 0.15) is 0 Å². The van der Waals surface area contributed by atoms with Crippen LogP contribution in [0.3, 0.4) is 0 Å². The average molecular weight is 331 g/mol. The van der Waals surface area contributed by atoms with E-state index < -0.39 is 9.84 Å². The molecule has 1 unspecified atom stereocenters. The summed E-state index contributed by atoms with van der Waals surface area (Å²) >= 11 is 5.89. The van der Waals surface area contributed by atoms with Gasteiger partial charge < -0.3 is 10.6 Å². The molecule has 1 aliphatic heterocycles. The first-order chi connectivity index (χ1) is 9.94. The first kappa shape index (κ1) is 16.3. The largest absolute Gasteiger partial charge is 0.351 e. The van der Waals surface area contributed by atoms with Crippen molar-refractivity contribution in [2.24, 2.45) is 0 Å². The second-order valence-electron chi connectivity index (χ2n) is 5.22. The molecule has 5 nitrogen and oxygen atoms in total. The Morgan fingerprint density at radius 1 is 1.38 bits per heavy atom. The molecule has 1 atom stereocenters. The lowest BCUT2D eigenvalue weighted by atomic mass is 10.1. The summed E-state index contributed by atoms with van der Waals surface area (Å²) in [4.78, 5) is 11.7. The number of halogens is 1. The SMILES string of the molecule is O=C(CNCCc1cccc(Cl)c1)NC1CCS(=O)(=O)C1. The van der Waals surface area contributed by atoms with Crippen LogP contribution in [0.5, 0.6) is 0 Å². The zero-order valence-corrected chi connectivity index (χ0v) is 13.2. The molecule has 7 heteroatoms. The number of amides is 1. The van der Waals surface area contributed by atoms with E-state index >= 15 is 0 Å². The van der Waals surface area contributed by atoms with Crippen molar-refractivity contribution < 1.29 is 13.2 Å². The topological polar surface area (TPSA) is 75.3 Å². The van der Waals surface area contributed by atoms with E-state index in [4.69, 9.17) is 11.6 Å². The number of carbonyl (C=O) groups is 1. The number of benzene rings is 1. The molecule has 0 radical (unpaired) electrons. The monoisotopic (exact) mass is 330 g/mol. The van der Waals surface area contributed by atoms with E-state index in [9.17, 15) is 13.2 Å². The highest BCUT2D eigenvalue weighted by molar-refractivity contribution is 7.91. The molecular weight excluding hydrogens is 312 g/mol. The van der Waals surface area contributed by atoms with Gasteiger partial charge in [-0.05, 0) is 37.1 Å². The Morgan fingerprint density at radius 2 is 2.19 bits per heavy atom. The van der Waals surface area contributed by atoms with E-state index in [-0.39, 0.29) is 30.0 Å². The van der Waals surface area contributed by atoms with Crippen LogP contribution in [0.15, 0.2) is 24.3 Å². The van der Waals surface area contributed by atoms with Crippen LogP contribution in [-0.4, -0.2) is 45.0 Å². The van der Waals surface area contributed by atoms with Crippen LogP contribution in [-0.2, 0) is 21.1 Å². The molecule has 0 aliphatic carbocycles. The number of sulfone groups is 1. The van der Waals surface area contributed by atoms with Crippen molar-refractivity contribution in [2.75, 3.05) is 24.6 Å². The summed E-state index contributed by atoms with van der Waals surface area (Å²) in [5.74, 6) is 0.0599. The molecule has 2 rings (SSSR count). The third kappa shape index (κ3) is 5.65. The second-order valence-corrected chi connectivity index (χ2v) is 7.89. The molecule has 1 aliphatic rings. The summed E-state index contributed by atoms with van der Waals surface area (Å²) < 4.78 is 22.6. The molecular formula is C14H19ClN2O3S. The number of hydrogen-bond acceptors (Lipinski definition) is 4. The lowest BCUT2D eigenvalue weighted by molar-refractivity contribution is -0.120. The Balaban J connectivity index is 1.64. The van der Waals surface area contributed by atoms with Crippen molar-refractivity contribution in [1.29, 1.82) is 0 Å².